The second-order valence-corrected chi connectivity index (χ2v) is 4.76. The molecule has 0 bridgehead atoms. The molecule has 2 aromatic heterocycles. The maximum atomic E-state index is 5.86. The Balaban J connectivity index is 2.20. The van der Waals surface area contributed by atoms with E-state index in [0.29, 0.717) is 11.5 Å². The van der Waals surface area contributed by atoms with Crippen LogP contribution in [-0.2, 0) is 7.05 Å². The summed E-state index contributed by atoms with van der Waals surface area (Å²) in [6, 6.07) is 5.70. The summed E-state index contributed by atoms with van der Waals surface area (Å²) in [7, 11) is 1.87. The Hall–Kier alpha value is -2.70. The Morgan fingerprint density at radius 2 is 2.00 bits per heavy atom. The fourth-order valence-corrected chi connectivity index (χ4v) is 2.19. The Morgan fingerprint density at radius 1 is 1.20 bits per heavy atom. The topological polar surface area (TPSA) is 87.4 Å². The summed E-state index contributed by atoms with van der Waals surface area (Å²) >= 11 is 0. The lowest BCUT2D eigenvalue weighted by molar-refractivity contribution is 0.755. The third-order valence-electron chi connectivity index (χ3n) is 3.19. The van der Waals surface area contributed by atoms with E-state index in [2.05, 4.69) is 20.6 Å². The van der Waals surface area contributed by atoms with Crippen LogP contribution in [0, 0.1) is 13.8 Å². The van der Waals surface area contributed by atoms with Gasteiger partial charge in [-0.1, -0.05) is 6.07 Å². The van der Waals surface area contributed by atoms with Crippen molar-refractivity contribution < 1.29 is 0 Å². The molecule has 0 aliphatic carbocycles. The van der Waals surface area contributed by atoms with Gasteiger partial charge >= 0.3 is 0 Å². The molecule has 102 valence electrons. The first kappa shape index (κ1) is 12.3. The van der Waals surface area contributed by atoms with Crippen LogP contribution in [0.5, 0.6) is 0 Å². The number of aromatic nitrogens is 6. The number of nitrogens with zero attached hydrogens (tertiary/aromatic N) is 6. The monoisotopic (exact) mass is 269 g/mol. The summed E-state index contributed by atoms with van der Waals surface area (Å²) in [5.41, 5.74) is 10.2. The van der Waals surface area contributed by atoms with E-state index in [1.54, 1.807) is 9.36 Å². The Labute approximate surface area is 116 Å². The molecule has 0 spiro atoms. The molecular formula is C13H15N7. The molecule has 0 atom stereocenters. The maximum absolute atomic E-state index is 5.86. The van der Waals surface area contributed by atoms with E-state index < -0.39 is 0 Å². The largest absolute Gasteiger partial charge is 0.399 e. The van der Waals surface area contributed by atoms with Crippen molar-refractivity contribution in [2.24, 2.45) is 7.05 Å². The van der Waals surface area contributed by atoms with Crippen molar-refractivity contribution in [3.05, 3.63) is 35.7 Å². The number of anilines is 1. The molecule has 1 aromatic carbocycles. The first-order valence-electron chi connectivity index (χ1n) is 6.22. The first-order chi connectivity index (χ1) is 9.56. The Bertz CT molecular complexity index is 769. The summed E-state index contributed by atoms with van der Waals surface area (Å²) < 4.78 is 3.42. The Kier molecular flexibility index (Phi) is 2.74. The zero-order valence-electron chi connectivity index (χ0n) is 11.6. The molecule has 0 saturated heterocycles. The maximum Gasteiger partial charge on any atom is 0.187 e. The molecular weight excluding hydrogens is 254 g/mol. The minimum Gasteiger partial charge on any atom is -0.399 e. The second kappa shape index (κ2) is 4.44. The van der Waals surface area contributed by atoms with Gasteiger partial charge in [0.1, 0.15) is 5.69 Å². The van der Waals surface area contributed by atoms with Crippen LogP contribution in [0.25, 0.3) is 17.1 Å². The quantitative estimate of drug-likeness (QED) is 0.708. The molecule has 2 N–H and O–H groups in total. The van der Waals surface area contributed by atoms with E-state index in [-0.39, 0.29) is 0 Å². The van der Waals surface area contributed by atoms with Crippen LogP contribution < -0.4 is 5.73 Å². The molecule has 2 heterocycles. The van der Waals surface area contributed by atoms with E-state index >= 15 is 0 Å². The normalized spacial score (nSPS) is 10.9. The average molecular weight is 269 g/mol. The van der Waals surface area contributed by atoms with Crippen molar-refractivity contribution in [3.63, 3.8) is 0 Å². The van der Waals surface area contributed by atoms with E-state index in [1.807, 2.05) is 45.3 Å². The fourth-order valence-electron chi connectivity index (χ4n) is 2.19. The molecule has 0 radical (unpaired) electrons. The number of nitrogen functional groups attached to an aromatic ring is 1. The summed E-state index contributed by atoms with van der Waals surface area (Å²) in [6.07, 6.45) is 1.89. The molecule has 7 heteroatoms. The van der Waals surface area contributed by atoms with Crippen LogP contribution >= 0.6 is 0 Å². The molecule has 0 saturated carbocycles. The van der Waals surface area contributed by atoms with E-state index in [1.165, 1.54) is 0 Å². The predicted octanol–water partition coefficient (Wildman–Crippen LogP) is 1.26. The van der Waals surface area contributed by atoms with E-state index in [0.717, 1.165) is 22.5 Å². The van der Waals surface area contributed by atoms with Gasteiger partial charge in [-0.25, -0.2) is 0 Å². The van der Waals surface area contributed by atoms with Gasteiger partial charge < -0.3 is 5.73 Å². The van der Waals surface area contributed by atoms with Gasteiger partial charge in [-0.2, -0.15) is 9.78 Å². The minimum atomic E-state index is 0.658. The lowest BCUT2D eigenvalue weighted by Gasteiger charge is -2.07. The smallest absolute Gasteiger partial charge is 0.187 e. The average Bonchev–Trinajstić information content (AvgIpc) is 2.98. The van der Waals surface area contributed by atoms with E-state index in [9.17, 15) is 0 Å². The van der Waals surface area contributed by atoms with Gasteiger partial charge in [-0.3, -0.25) is 4.68 Å². The van der Waals surface area contributed by atoms with Crippen LogP contribution in [-0.4, -0.2) is 30.0 Å². The zero-order valence-corrected chi connectivity index (χ0v) is 11.6. The van der Waals surface area contributed by atoms with Gasteiger partial charge in [0, 0.05) is 18.3 Å². The molecule has 3 aromatic rings. The molecule has 3 rings (SSSR count). The number of aryl methyl sites for hydroxylation is 3. The highest BCUT2D eigenvalue weighted by Gasteiger charge is 2.16. The summed E-state index contributed by atoms with van der Waals surface area (Å²) in [5, 5.41) is 16.3. The number of tetrazole rings is 1. The molecule has 20 heavy (non-hydrogen) atoms. The second-order valence-electron chi connectivity index (χ2n) is 4.76. The van der Waals surface area contributed by atoms with Gasteiger partial charge in [0.05, 0.1) is 11.9 Å². The highest BCUT2D eigenvalue weighted by atomic mass is 15.5. The number of nitrogens with two attached hydrogens (primary N) is 1. The van der Waals surface area contributed by atoms with Crippen LogP contribution in [0.2, 0.25) is 0 Å². The van der Waals surface area contributed by atoms with Gasteiger partial charge in [-0.05, 0) is 42.0 Å². The fraction of sp³-hybridized carbons (Fsp3) is 0.231. The molecule has 7 nitrogen and oxygen atoms in total. The highest BCUT2D eigenvalue weighted by molar-refractivity contribution is 5.66. The lowest BCUT2D eigenvalue weighted by atomic mass is 10.1. The Morgan fingerprint density at radius 3 is 2.70 bits per heavy atom. The van der Waals surface area contributed by atoms with Crippen molar-refractivity contribution in [1.82, 2.24) is 30.0 Å². The summed E-state index contributed by atoms with van der Waals surface area (Å²) in [4.78, 5) is 0. The summed E-state index contributed by atoms with van der Waals surface area (Å²) in [5.74, 6) is 0.658. The van der Waals surface area contributed by atoms with Gasteiger partial charge in [-0.15, -0.1) is 5.10 Å². The third-order valence-corrected chi connectivity index (χ3v) is 3.19. The predicted molar refractivity (Wildman–Crippen MR) is 75.2 cm³/mol. The van der Waals surface area contributed by atoms with Crippen molar-refractivity contribution in [1.29, 1.82) is 0 Å². The highest BCUT2D eigenvalue weighted by Crippen LogP contribution is 2.25. The van der Waals surface area contributed by atoms with Crippen molar-refractivity contribution >= 4 is 5.69 Å². The van der Waals surface area contributed by atoms with Crippen LogP contribution in [0.15, 0.2) is 24.4 Å². The minimum absolute atomic E-state index is 0.658. The summed E-state index contributed by atoms with van der Waals surface area (Å²) in [6.45, 7) is 3.93. The molecule has 0 unspecified atom stereocenters. The van der Waals surface area contributed by atoms with Crippen molar-refractivity contribution in [2.45, 2.75) is 13.8 Å². The standard InChI is InChI=1S/C13H15N7/c1-8-4-5-10(14)6-11(8)13-15-17-18-20(13)12-7-19(3)16-9(12)2/h4-7H,14H2,1-3H3. The molecule has 0 fully saturated rings. The van der Waals surface area contributed by atoms with E-state index in [4.69, 9.17) is 5.73 Å². The molecule has 0 aliphatic heterocycles. The number of hydrogen-bond donors (Lipinski definition) is 1. The van der Waals surface area contributed by atoms with Gasteiger partial charge in [0.25, 0.3) is 0 Å². The first-order valence-corrected chi connectivity index (χ1v) is 6.22. The van der Waals surface area contributed by atoms with Crippen molar-refractivity contribution in [2.75, 3.05) is 5.73 Å². The molecule has 0 aliphatic rings. The third kappa shape index (κ3) is 1.93. The number of benzene rings is 1. The lowest BCUT2D eigenvalue weighted by Crippen LogP contribution is -2.02. The SMILES string of the molecule is Cc1ccc(N)cc1-c1nnnn1-c1cn(C)nc1C. The molecule has 0 amide bonds. The van der Waals surface area contributed by atoms with Gasteiger partial charge in [0.2, 0.25) is 0 Å². The van der Waals surface area contributed by atoms with Crippen LogP contribution in [0.4, 0.5) is 5.69 Å². The number of rotatable bonds is 2. The van der Waals surface area contributed by atoms with Crippen LogP contribution in [0.1, 0.15) is 11.3 Å². The number of hydrogen-bond acceptors (Lipinski definition) is 5. The zero-order chi connectivity index (χ0) is 14.3. The van der Waals surface area contributed by atoms with Crippen LogP contribution in [0.3, 0.4) is 0 Å². The van der Waals surface area contributed by atoms with Crippen molar-refractivity contribution in [3.8, 4) is 17.1 Å². The van der Waals surface area contributed by atoms with Gasteiger partial charge in [0.15, 0.2) is 5.82 Å².